The van der Waals surface area contributed by atoms with Crippen LogP contribution in [-0.2, 0) is 0 Å². The van der Waals surface area contributed by atoms with Crippen molar-refractivity contribution < 1.29 is 9.47 Å². The first-order chi connectivity index (χ1) is 14.1. The molecule has 1 aliphatic rings. The molecule has 2 aromatic carbocycles. The topological polar surface area (TPSA) is 37.0 Å². The summed E-state index contributed by atoms with van der Waals surface area (Å²) in [6, 6.07) is 13.9. The fourth-order valence-corrected chi connectivity index (χ4v) is 3.71. The molecule has 29 heavy (non-hydrogen) atoms. The van der Waals surface area contributed by atoms with E-state index in [0.29, 0.717) is 21.6 Å². The molecule has 0 aromatic heterocycles. The van der Waals surface area contributed by atoms with E-state index in [-0.39, 0.29) is 0 Å². The molecule has 1 aliphatic heterocycles. The van der Waals surface area contributed by atoms with Crippen LogP contribution in [-0.4, -0.2) is 61.9 Å². The van der Waals surface area contributed by atoms with Gasteiger partial charge in [-0.25, -0.2) is 0 Å². The molecule has 0 saturated carbocycles. The van der Waals surface area contributed by atoms with Crippen LogP contribution in [0.15, 0.2) is 48.5 Å². The molecule has 0 radical (unpaired) electrons. The van der Waals surface area contributed by atoms with Crippen LogP contribution in [0.5, 0.6) is 11.5 Å². The second-order valence-corrected chi connectivity index (χ2v) is 7.51. The van der Waals surface area contributed by atoms with Gasteiger partial charge in [-0.15, -0.1) is 0 Å². The number of anilines is 1. The van der Waals surface area contributed by atoms with Gasteiger partial charge in [-0.2, -0.15) is 0 Å². The van der Waals surface area contributed by atoms with Crippen molar-refractivity contribution in [1.82, 2.24) is 9.80 Å². The molecular formula is C22H26ClN3O2S. The van der Waals surface area contributed by atoms with Crippen molar-refractivity contribution in [3.63, 3.8) is 0 Å². The number of nitrogens with one attached hydrogen (secondary N) is 1. The van der Waals surface area contributed by atoms with E-state index in [9.17, 15) is 0 Å². The number of halogens is 1. The number of hydrogen-bond acceptors (Lipinski definition) is 4. The van der Waals surface area contributed by atoms with Gasteiger partial charge in [0.1, 0.15) is 11.5 Å². The van der Waals surface area contributed by atoms with Gasteiger partial charge < -0.3 is 19.7 Å². The average molecular weight is 432 g/mol. The number of thiocarbonyl (C=S) groups is 1. The van der Waals surface area contributed by atoms with Crippen molar-refractivity contribution in [2.24, 2.45) is 0 Å². The lowest BCUT2D eigenvalue weighted by atomic mass is 10.2. The monoisotopic (exact) mass is 431 g/mol. The lowest BCUT2D eigenvalue weighted by Crippen LogP contribution is -2.49. The van der Waals surface area contributed by atoms with Crippen LogP contribution in [0.3, 0.4) is 0 Å². The van der Waals surface area contributed by atoms with Crippen LogP contribution in [0.1, 0.15) is 5.56 Å². The smallest absolute Gasteiger partial charge is 0.173 e. The maximum absolute atomic E-state index is 6.18. The van der Waals surface area contributed by atoms with E-state index in [0.717, 1.165) is 38.4 Å². The van der Waals surface area contributed by atoms with Crippen LogP contribution in [0, 0.1) is 0 Å². The fraction of sp³-hybridized carbons (Fsp3) is 0.318. The molecule has 0 atom stereocenters. The molecule has 5 nitrogen and oxygen atoms in total. The van der Waals surface area contributed by atoms with E-state index in [1.807, 2.05) is 6.07 Å². The zero-order valence-corrected chi connectivity index (χ0v) is 18.3. The minimum Gasteiger partial charge on any atom is -0.495 e. The van der Waals surface area contributed by atoms with Crippen molar-refractivity contribution in [1.29, 1.82) is 0 Å². The molecule has 0 unspecified atom stereocenters. The predicted molar refractivity (Wildman–Crippen MR) is 124 cm³/mol. The average Bonchev–Trinajstić information content (AvgIpc) is 2.75. The minimum atomic E-state index is 0.498. The second-order valence-electron chi connectivity index (χ2n) is 6.72. The number of piperazine rings is 1. The lowest BCUT2D eigenvalue weighted by Gasteiger charge is -2.35. The van der Waals surface area contributed by atoms with Crippen molar-refractivity contribution in [3.05, 3.63) is 59.1 Å². The van der Waals surface area contributed by atoms with Gasteiger partial charge >= 0.3 is 0 Å². The van der Waals surface area contributed by atoms with Crippen LogP contribution in [0.25, 0.3) is 6.08 Å². The molecule has 7 heteroatoms. The third-order valence-corrected chi connectivity index (χ3v) is 5.50. The van der Waals surface area contributed by atoms with Gasteiger partial charge in [-0.1, -0.05) is 54.1 Å². The highest BCUT2D eigenvalue weighted by Crippen LogP contribution is 2.36. The number of nitrogens with zero attached hydrogens (tertiary/aromatic N) is 2. The Morgan fingerprint density at radius 3 is 2.41 bits per heavy atom. The molecule has 1 saturated heterocycles. The normalized spacial score (nSPS) is 14.8. The van der Waals surface area contributed by atoms with Crippen molar-refractivity contribution in [2.45, 2.75) is 0 Å². The highest BCUT2D eigenvalue weighted by atomic mass is 35.5. The Bertz CT molecular complexity index is 853. The summed E-state index contributed by atoms with van der Waals surface area (Å²) in [5, 5.41) is 4.45. The lowest BCUT2D eigenvalue weighted by molar-refractivity contribution is 0.199. The van der Waals surface area contributed by atoms with Crippen molar-refractivity contribution in [3.8, 4) is 11.5 Å². The summed E-state index contributed by atoms with van der Waals surface area (Å²) in [4.78, 5) is 4.59. The Kier molecular flexibility index (Phi) is 7.75. The molecule has 154 valence electrons. The van der Waals surface area contributed by atoms with Gasteiger partial charge in [0.05, 0.1) is 24.9 Å². The molecule has 1 fully saturated rings. The molecule has 0 amide bonds. The number of ether oxygens (including phenoxy) is 2. The maximum Gasteiger partial charge on any atom is 0.173 e. The quantitative estimate of drug-likeness (QED) is 0.684. The van der Waals surface area contributed by atoms with E-state index >= 15 is 0 Å². The predicted octanol–water partition coefficient (Wildman–Crippen LogP) is 4.39. The Hall–Kier alpha value is -2.28. The Balaban J connectivity index is 1.52. The molecule has 2 aromatic rings. The second kappa shape index (κ2) is 10.5. The van der Waals surface area contributed by atoms with Gasteiger partial charge in [0.2, 0.25) is 0 Å². The van der Waals surface area contributed by atoms with Crippen LogP contribution < -0.4 is 14.8 Å². The third kappa shape index (κ3) is 5.85. The molecule has 0 spiro atoms. The number of hydrogen-bond donors (Lipinski definition) is 1. The fourth-order valence-electron chi connectivity index (χ4n) is 3.19. The Morgan fingerprint density at radius 2 is 1.76 bits per heavy atom. The van der Waals surface area contributed by atoms with E-state index in [1.165, 1.54) is 5.56 Å². The summed E-state index contributed by atoms with van der Waals surface area (Å²) in [5.74, 6) is 1.20. The third-order valence-electron chi connectivity index (χ3n) is 4.85. The summed E-state index contributed by atoms with van der Waals surface area (Å²) in [5.41, 5.74) is 1.97. The summed E-state index contributed by atoms with van der Waals surface area (Å²) in [7, 11) is 3.19. The van der Waals surface area contributed by atoms with Gasteiger partial charge in [0.15, 0.2) is 5.11 Å². The first-order valence-corrected chi connectivity index (χ1v) is 10.3. The molecule has 0 bridgehead atoms. The zero-order valence-electron chi connectivity index (χ0n) is 16.7. The van der Waals surface area contributed by atoms with Crippen molar-refractivity contribution in [2.75, 3.05) is 52.3 Å². The zero-order chi connectivity index (χ0) is 20.6. The molecule has 1 N–H and O–H groups in total. The molecular weight excluding hydrogens is 406 g/mol. The molecule has 0 aliphatic carbocycles. The number of methoxy groups -OCH3 is 2. The maximum atomic E-state index is 6.18. The van der Waals surface area contributed by atoms with E-state index in [4.69, 9.17) is 33.3 Å². The standard InChI is InChI=1S/C22H26ClN3O2S/c1-27-20-16-19(21(28-2)15-18(20)23)24-22(29)26-13-11-25(12-14-26)10-6-9-17-7-4-3-5-8-17/h3-9,15-16H,10-14H2,1-2H3,(H,24,29)/b9-6+. The minimum absolute atomic E-state index is 0.498. The van der Waals surface area contributed by atoms with E-state index in [1.54, 1.807) is 26.4 Å². The first-order valence-electron chi connectivity index (χ1n) is 9.52. The highest BCUT2D eigenvalue weighted by molar-refractivity contribution is 7.80. The van der Waals surface area contributed by atoms with E-state index < -0.39 is 0 Å². The molecule has 1 heterocycles. The summed E-state index contributed by atoms with van der Waals surface area (Å²) < 4.78 is 10.7. The number of rotatable bonds is 6. The Morgan fingerprint density at radius 1 is 1.07 bits per heavy atom. The van der Waals surface area contributed by atoms with Gasteiger partial charge in [-0.3, -0.25) is 4.90 Å². The van der Waals surface area contributed by atoms with Crippen LogP contribution in [0.4, 0.5) is 5.69 Å². The van der Waals surface area contributed by atoms with E-state index in [2.05, 4.69) is 51.5 Å². The summed E-state index contributed by atoms with van der Waals surface area (Å²) in [6.07, 6.45) is 4.38. The van der Waals surface area contributed by atoms with Crippen molar-refractivity contribution >= 4 is 40.7 Å². The van der Waals surface area contributed by atoms with Gasteiger partial charge in [0, 0.05) is 44.9 Å². The first kappa shape index (κ1) is 21.4. The Labute approximate surface area is 182 Å². The highest BCUT2D eigenvalue weighted by Gasteiger charge is 2.19. The summed E-state index contributed by atoms with van der Waals surface area (Å²) in [6.45, 7) is 4.60. The largest absolute Gasteiger partial charge is 0.495 e. The van der Waals surface area contributed by atoms with Crippen LogP contribution >= 0.6 is 23.8 Å². The SMILES string of the molecule is COc1cc(NC(=S)N2CCN(C/C=C/c3ccccc3)CC2)c(OC)cc1Cl. The van der Waals surface area contributed by atoms with Gasteiger partial charge in [-0.05, 0) is 17.8 Å². The summed E-state index contributed by atoms with van der Waals surface area (Å²) >= 11 is 11.8. The van der Waals surface area contributed by atoms with Gasteiger partial charge in [0.25, 0.3) is 0 Å². The molecule has 3 rings (SSSR count). The number of benzene rings is 2. The van der Waals surface area contributed by atoms with Crippen LogP contribution in [0.2, 0.25) is 5.02 Å².